The minimum atomic E-state index is -5.21. The number of hydrogen-bond acceptors (Lipinski definition) is 4. The van der Waals surface area contributed by atoms with E-state index < -0.39 is 82.9 Å². The Labute approximate surface area is 250 Å². The number of nitrogens with zero attached hydrogens (tertiary/aromatic N) is 3. The first-order valence-corrected chi connectivity index (χ1v) is 13.5. The maximum Gasteiger partial charge on any atom is 0.435 e. The molecule has 236 valence electrons. The molecule has 7 nitrogen and oxygen atoms in total. The monoisotopic (exact) mass is 637 g/mol. The van der Waals surface area contributed by atoms with Gasteiger partial charge in [0, 0.05) is 29.9 Å². The van der Waals surface area contributed by atoms with Crippen molar-refractivity contribution in [2.24, 2.45) is 5.73 Å². The zero-order valence-electron chi connectivity index (χ0n) is 23.1. The van der Waals surface area contributed by atoms with Crippen LogP contribution in [0.4, 0.5) is 35.1 Å². The summed E-state index contributed by atoms with van der Waals surface area (Å²) in [6, 6.07) is 7.83. The highest BCUT2D eigenvalue weighted by molar-refractivity contribution is 5.94. The number of alkyl halides is 5. The number of aromatic nitrogens is 3. The van der Waals surface area contributed by atoms with E-state index in [2.05, 4.69) is 15.4 Å². The van der Waals surface area contributed by atoms with Crippen LogP contribution >= 0.6 is 0 Å². The van der Waals surface area contributed by atoms with E-state index in [9.17, 15) is 44.7 Å². The molecule has 0 aliphatic heterocycles. The van der Waals surface area contributed by atoms with Gasteiger partial charge in [0.05, 0.1) is 22.9 Å². The Bertz CT molecular complexity index is 1770. The van der Waals surface area contributed by atoms with Gasteiger partial charge in [0.1, 0.15) is 24.0 Å². The molecule has 2 amide bonds. The van der Waals surface area contributed by atoms with Crippen molar-refractivity contribution in [3.05, 3.63) is 106 Å². The Hall–Kier alpha value is -4.82. The molecule has 0 saturated heterocycles. The molecule has 0 spiro atoms. The average Bonchev–Trinajstić information content (AvgIpc) is 3.32. The molecule has 0 saturated carbocycles. The second-order valence-electron chi connectivity index (χ2n) is 10.5. The highest BCUT2D eigenvalue weighted by Gasteiger charge is 2.49. The number of carbonyl (C=O) groups excluding carboxylic acids is 2. The first-order valence-electron chi connectivity index (χ1n) is 13.5. The lowest BCUT2D eigenvalue weighted by Crippen LogP contribution is -2.34. The number of hydrogen-bond donors (Lipinski definition) is 2. The van der Waals surface area contributed by atoms with Gasteiger partial charge in [-0.3, -0.25) is 19.3 Å². The van der Waals surface area contributed by atoms with E-state index >= 15 is 0 Å². The standard InChI is InChI=1S/C30H23F8N5O2/c31-17-9-15(10-18(32)13-17)11-22(26-19(3-2-8-40-26)16-5-6-21(33)20(12-16)28(39)45)41-24(44)14-43-23-4-1-7-29(34,35)25(23)27(42-43)30(36,37)38/h2-3,5-6,8-10,12-13,22H,1,4,7,11,14H2,(H2,39,45)(H,41,44)/t22-/m0/s1. The summed E-state index contributed by atoms with van der Waals surface area (Å²) in [5.41, 5.74) is 1.96. The van der Waals surface area contributed by atoms with Gasteiger partial charge in [-0.2, -0.15) is 18.3 Å². The number of nitrogens with one attached hydrogen (secondary N) is 1. The summed E-state index contributed by atoms with van der Waals surface area (Å²) in [5.74, 6) is -8.60. The number of fused-ring (bicyclic) bond motifs is 1. The molecule has 5 rings (SSSR count). The van der Waals surface area contributed by atoms with Crippen LogP contribution in [0.2, 0.25) is 0 Å². The number of amides is 2. The molecule has 1 aliphatic carbocycles. The van der Waals surface area contributed by atoms with Crippen molar-refractivity contribution in [3.63, 3.8) is 0 Å². The summed E-state index contributed by atoms with van der Waals surface area (Å²) < 4.78 is 113. The second kappa shape index (κ2) is 11.9. The van der Waals surface area contributed by atoms with Crippen LogP contribution in [-0.2, 0) is 36.3 Å². The van der Waals surface area contributed by atoms with Gasteiger partial charge in [0.25, 0.3) is 11.8 Å². The number of carbonyl (C=O) groups is 2. The molecular weight excluding hydrogens is 614 g/mol. The van der Waals surface area contributed by atoms with E-state index in [4.69, 9.17) is 5.73 Å². The molecule has 3 N–H and O–H groups in total. The second-order valence-corrected chi connectivity index (χ2v) is 10.5. The highest BCUT2D eigenvalue weighted by Crippen LogP contribution is 2.46. The number of halogens is 8. The summed E-state index contributed by atoms with van der Waals surface area (Å²) >= 11 is 0. The number of benzene rings is 2. The normalized spacial score (nSPS) is 14.9. The van der Waals surface area contributed by atoms with E-state index in [1.165, 1.54) is 24.4 Å². The third kappa shape index (κ3) is 6.66. The van der Waals surface area contributed by atoms with Gasteiger partial charge >= 0.3 is 6.18 Å². The fourth-order valence-corrected chi connectivity index (χ4v) is 5.44. The lowest BCUT2D eigenvalue weighted by molar-refractivity contribution is -0.146. The fraction of sp³-hybridized carbons (Fsp3) is 0.267. The van der Waals surface area contributed by atoms with Gasteiger partial charge in [0.15, 0.2) is 5.69 Å². The van der Waals surface area contributed by atoms with Gasteiger partial charge in [0.2, 0.25) is 5.91 Å². The Morgan fingerprint density at radius 1 is 1.04 bits per heavy atom. The predicted octanol–water partition coefficient (Wildman–Crippen LogP) is 6.01. The van der Waals surface area contributed by atoms with Crippen molar-refractivity contribution in [3.8, 4) is 11.1 Å². The van der Waals surface area contributed by atoms with Crippen LogP contribution in [0, 0.1) is 17.5 Å². The van der Waals surface area contributed by atoms with Crippen molar-refractivity contribution < 1.29 is 44.7 Å². The number of pyridine rings is 1. The molecule has 1 aliphatic rings. The van der Waals surface area contributed by atoms with Crippen molar-refractivity contribution in [1.29, 1.82) is 0 Å². The fourth-order valence-electron chi connectivity index (χ4n) is 5.44. The molecule has 4 aromatic rings. The summed E-state index contributed by atoms with van der Waals surface area (Å²) in [5, 5.41) is 5.90. The third-order valence-corrected chi connectivity index (χ3v) is 7.30. The molecule has 2 heterocycles. The van der Waals surface area contributed by atoms with Crippen molar-refractivity contribution in [2.45, 2.75) is 50.4 Å². The summed E-state index contributed by atoms with van der Waals surface area (Å²) in [4.78, 5) is 29.4. The maximum absolute atomic E-state index is 14.6. The summed E-state index contributed by atoms with van der Waals surface area (Å²) in [6.07, 6.45) is -5.30. The lowest BCUT2D eigenvalue weighted by Gasteiger charge is -2.24. The van der Waals surface area contributed by atoms with Crippen LogP contribution in [0.3, 0.4) is 0 Å². The lowest BCUT2D eigenvalue weighted by atomic mass is 9.91. The van der Waals surface area contributed by atoms with Crippen molar-refractivity contribution in [1.82, 2.24) is 20.1 Å². The molecule has 1 atom stereocenters. The first-order chi connectivity index (χ1) is 21.1. The molecule has 45 heavy (non-hydrogen) atoms. The van der Waals surface area contributed by atoms with E-state index in [0.29, 0.717) is 10.7 Å². The number of primary amides is 1. The van der Waals surface area contributed by atoms with Gasteiger partial charge in [-0.25, -0.2) is 22.0 Å². The van der Waals surface area contributed by atoms with E-state index in [-0.39, 0.29) is 41.6 Å². The van der Waals surface area contributed by atoms with Crippen molar-refractivity contribution >= 4 is 11.8 Å². The van der Waals surface area contributed by atoms with Gasteiger partial charge in [-0.1, -0.05) is 12.1 Å². The smallest absolute Gasteiger partial charge is 0.366 e. The average molecular weight is 638 g/mol. The Morgan fingerprint density at radius 3 is 2.42 bits per heavy atom. The Kier molecular flexibility index (Phi) is 8.38. The molecule has 15 heteroatoms. The molecule has 0 unspecified atom stereocenters. The Morgan fingerprint density at radius 2 is 1.76 bits per heavy atom. The van der Waals surface area contributed by atoms with Crippen LogP contribution in [0.5, 0.6) is 0 Å². The predicted molar refractivity (Wildman–Crippen MR) is 143 cm³/mol. The van der Waals surface area contributed by atoms with Crippen LogP contribution in [-0.4, -0.2) is 26.6 Å². The molecule has 0 fully saturated rings. The van der Waals surface area contributed by atoms with E-state index in [1.807, 2.05) is 0 Å². The number of rotatable bonds is 8. The van der Waals surface area contributed by atoms with Gasteiger partial charge < -0.3 is 11.1 Å². The largest absolute Gasteiger partial charge is 0.435 e. The minimum Gasteiger partial charge on any atom is -0.366 e. The Balaban J connectivity index is 1.54. The first kappa shape index (κ1) is 31.6. The van der Waals surface area contributed by atoms with Crippen molar-refractivity contribution in [2.75, 3.05) is 0 Å². The molecular formula is C30H23F8N5O2. The van der Waals surface area contributed by atoms with Crippen LogP contribution in [0.15, 0.2) is 54.7 Å². The maximum atomic E-state index is 14.6. The van der Waals surface area contributed by atoms with Crippen LogP contribution < -0.4 is 11.1 Å². The minimum absolute atomic E-state index is 0.0572. The topological polar surface area (TPSA) is 103 Å². The third-order valence-electron chi connectivity index (χ3n) is 7.30. The van der Waals surface area contributed by atoms with E-state index in [0.717, 1.165) is 24.3 Å². The summed E-state index contributed by atoms with van der Waals surface area (Å²) in [6.45, 7) is -0.896. The van der Waals surface area contributed by atoms with Gasteiger partial charge in [-0.05, 0) is 60.7 Å². The van der Waals surface area contributed by atoms with Crippen LogP contribution in [0.25, 0.3) is 11.1 Å². The quantitative estimate of drug-likeness (QED) is 0.231. The SMILES string of the molecule is NC(=O)c1cc(-c2cccnc2[C@H](Cc2cc(F)cc(F)c2)NC(=O)Cn2nc(C(F)(F)F)c3c2CCCC3(F)F)ccc1F. The zero-order chi connectivity index (χ0) is 32.7. The van der Waals surface area contributed by atoms with Gasteiger partial charge in [-0.15, -0.1) is 0 Å². The number of nitrogens with two attached hydrogens (primary N) is 1. The molecule has 0 radical (unpaired) electrons. The molecule has 2 aromatic carbocycles. The molecule has 0 bridgehead atoms. The molecule has 2 aromatic heterocycles. The van der Waals surface area contributed by atoms with Crippen LogP contribution in [0.1, 0.15) is 57.5 Å². The van der Waals surface area contributed by atoms with E-state index in [1.54, 1.807) is 0 Å². The zero-order valence-corrected chi connectivity index (χ0v) is 23.1. The summed E-state index contributed by atoms with van der Waals surface area (Å²) in [7, 11) is 0. The highest BCUT2D eigenvalue weighted by atomic mass is 19.4.